The average Bonchev–Trinajstić information content (AvgIpc) is 3.35. The molecule has 2 aromatic rings. The number of rotatable bonds is 7. The van der Waals surface area contributed by atoms with Crippen LogP contribution in [-0.4, -0.2) is 56.7 Å². The minimum absolute atomic E-state index is 0.00713. The van der Waals surface area contributed by atoms with Gasteiger partial charge in [-0.2, -0.15) is 0 Å². The third kappa shape index (κ3) is 3.98. The van der Waals surface area contributed by atoms with E-state index in [-0.39, 0.29) is 5.91 Å². The van der Waals surface area contributed by atoms with Gasteiger partial charge in [-0.05, 0) is 32.0 Å². The van der Waals surface area contributed by atoms with E-state index in [1.54, 1.807) is 12.7 Å². The monoisotopic (exact) mass is 359 g/mol. The van der Waals surface area contributed by atoms with Crippen LogP contribution in [0.2, 0.25) is 0 Å². The van der Waals surface area contributed by atoms with Crippen LogP contribution in [0.4, 0.5) is 0 Å². The summed E-state index contributed by atoms with van der Waals surface area (Å²) in [6.45, 7) is 10.7. The van der Waals surface area contributed by atoms with Crippen LogP contribution in [0.3, 0.4) is 0 Å². The Balaban J connectivity index is 1.65. The Labute approximate surface area is 155 Å². The Morgan fingerprint density at radius 1 is 1.19 bits per heavy atom. The van der Waals surface area contributed by atoms with Gasteiger partial charge in [0.05, 0.1) is 0 Å². The van der Waals surface area contributed by atoms with Crippen molar-refractivity contribution in [3.63, 3.8) is 0 Å². The highest BCUT2D eigenvalue weighted by Crippen LogP contribution is 2.25. The van der Waals surface area contributed by atoms with E-state index in [9.17, 15) is 4.79 Å². The van der Waals surface area contributed by atoms with E-state index in [1.165, 1.54) is 0 Å². The summed E-state index contributed by atoms with van der Waals surface area (Å²) >= 11 is 0. The largest absolute Gasteiger partial charge is 0.456 e. The molecule has 0 spiro atoms. The molecule has 0 atom stereocenters. The van der Waals surface area contributed by atoms with Crippen LogP contribution in [0.15, 0.2) is 23.1 Å². The molecule has 0 N–H and O–H groups in total. The molecule has 1 aliphatic rings. The fourth-order valence-electron chi connectivity index (χ4n) is 3.61. The molecule has 0 radical (unpaired) electrons. The van der Waals surface area contributed by atoms with Crippen LogP contribution in [-0.2, 0) is 13.0 Å². The fourth-order valence-corrected chi connectivity index (χ4v) is 3.61. The van der Waals surface area contributed by atoms with Crippen LogP contribution in [0.5, 0.6) is 0 Å². The van der Waals surface area contributed by atoms with Crippen molar-refractivity contribution in [2.75, 3.05) is 26.2 Å². The van der Waals surface area contributed by atoms with Gasteiger partial charge in [-0.3, -0.25) is 9.69 Å². The molecule has 7 heteroatoms. The Morgan fingerprint density at radius 3 is 2.42 bits per heavy atom. The van der Waals surface area contributed by atoms with Gasteiger partial charge in [0.15, 0.2) is 5.76 Å². The third-order valence-corrected chi connectivity index (χ3v) is 5.33. The van der Waals surface area contributed by atoms with Gasteiger partial charge in [-0.1, -0.05) is 20.8 Å². The Morgan fingerprint density at radius 2 is 1.85 bits per heavy atom. The van der Waals surface area contributed by atoms with Crippen molar-refractivity contribution < 1.29 is 9.21 Å². The number of hydrogen-bond donors (Lipinski definition) is 0. The lowest BCUT2D eigenvalue weighted by atomic mass is 10.0. The number of amides is 1. The number of hydrogen-bond acceptors (Lipinski definition) is 5. The number of aryl methyl sites for hydroxylation is 1. The molecule has 7 nitrogen and oxygen atoms in total. The normalized spacial score (nSPS) is 15.8. The molecular formula is C19H29N5O2. The van der Waals surface area contributed by atoms with Crippen molar-refractivity contribution in [3.05, 3.63) is 35.8 Å². The third-order valence-electron chi connectivity index (χ3n) is 5.33. The molecule has 142 valence electrons. The summed E-state index contributed by atoms with van der Waals surface area (Å²) in [5.41, 5.74) is 1.14. The molecule has 0 aliphatic carbocycles. The maximum absolute atomic E-state index is 12.9. The smallest absolute Gasteiger partial charge is 0.289 e. The molecule has 0 saturated carbocycles. The highest BCUT2D eigenvalue weighted by molar-refractivity contribution is 5.91. The molecule has 1 fully saturated rings. The van der Waals surface area contributed by atoms with E-state index in [0.29, 0.717) is 11.8 Å². The molecule has 1 aliphatic heterocycles. The number of carbonyl (C=O) groups excluding carboxylic acids is 1. The average molecular weight is 359 g/mol. The van der Waals surface area contributed by atoms with Crippen molar-refractivity contribution in [1.29, 1.82) is 0 Å². The van der Waals surface area contributed by atoms with Crippen molar-refractivity contribution in [2.24, 2.45) is 0 Å². The summed E-state index contributed by atoms with van der Waals surface area (Å²) < 4.78 is 7.96. The lowest BCUT2D eigenvalue weighted by Gasteiger charge is -2.31. The van der Waals surface area contributed by atoms with Crippen LogP contribution < -0.4 is 0 Å². The van der Waals surface area contributed by atoms with Gasteiger partial charge in [0, 0.05) is 37.7 Å². The SMILES string of the molecule is CCc1oc(C(=O)N2CCC(n3cnnc3)CC2)cc1CN(CC)CC. The highest BCUT2D eigenvalue weighted by atomic mass is 16.4. The Kier molecular flexibility index (Phi) is 6.08. The van der Waals surface area contributed by atoms with Crippen LogP contribution in [0.25, 0.3) is 0 Å². The zero-order valence-corrected chi connectivity index (χ0v) is 16.0. The molecule has 3 heterocycles. The van der Waals surface area contributed by atoms with Gasteiger partial charge in [0.25, 0.3) is 5.91 Å². The van der Waals surface area contributed by atoms with Gasteiger partial charge in [0.1, 0.15) is 18.4 Å². The minimum atomic E-state index is 0.00713. The second-order valence-corrected chi connectivity index (χ2v) is 6.81. The maximum atomic E-state index is 12.9. The first-order valence-corrected chi connectivity index (χ1v) is 9.63. The van der Waals surface area contributed by atoms with E-state index < -0.39 is 0 Å². The Hall–Kier alpha value is -2.15. The van der Waals surface area contributed by atoms with Gasteiger partial charge in [0.2, 0.25) is 0 Å². The predicted molar refractivity (Wildman–Crippen MR) is 98.9 cm³/mol. The van der Waals surface area contributed by atoms with Crippen molar-refractivity contribution in [2.45, 2.75) is 52.6 Å². The Bertz CT molecular complexity index is 698. The summed E-state index contributed by atoms with van der Waals surface area (Å²) in [6, 6.07) is 2.32. The first-order chi connectivity index (χ1) is 12.7. The minimum Gasteiger partial charge on any atom is -0.456 e. The quantitative estimate of drug-likeness (QED) is 0.760. The summed E-state index contributed by atoms with van der Waals surface area (Å²) in [4.78, 5) is 17.1. The molecule has 26 heavy (non-hydrogen) atoms. The highest BCUT2D eigenvalue weighted by Gasteiger charge is 2.27. The zero-order chi connectivity index (χ0) is 18.5. The van der Waals surface area contributed by atoms with E-state index in [4.69, 9.17) is 4.42 Å². The summed E-state index contributed by atoms with van der Waals surface area (Å²) in [5.74, 6) is 1.42. The summed E-state index contributed by atoms with van der Waals surface area (Å²) in [6.07, 6.45) is 6.14. The maximum Gasteiger partial charge on any atom is 0.289 e. The molecular weight excluding hydrogens is 330 g/mol. The standard InChI is InChI=1S/C19H29N5O2/c1-4-17-15(12-22(5-2)6-3)11-18(26-17)19(25)23-9-7-16(8-10-23)24-13-20-21-14-24/h11,13-14,16H,4-10,12H2,1-3H3. The number of piperidine rings is 1. The molecule has 1 amide bonds. The molecule has 1 saturated heterocycles. The number of aromatic nitrogens is 3. The van der Waals surface area contributed by atoms with Gasteiger partial charge in [-0.25, -0.2) is 0 Å². The topological polar surface area (TPSA) is 67.4 Å². The first kappa shape index (κ1) is 18.6. The summed E-state index contributed by atoms with van der Waals surface area (Å²) in [5, 5.41) is 7.74. The lowest BCUT2D eigenvalue weighted by Crippen LogP contribution is -2.38. The van der Waals surface area contributed by atoms with Crippen LogP contribution in [0, 0.1) is 0 Å². The number of carbonyl (C=O) groups is 1. The van der Waals surface area contributed by atoms with Gasteiger partial charge in [-0.15, -0.1) is 10.2 Å². The van der Waals surface area contributed by atoms with E-state index in [0.717, 1.165) is 63.3 Å². The fraction of sp³-hybridized carbons (Fsp3) is 0.632. The summed E-state index contributed by atoms with van der Waals surface area (Å²) in [7, 11) is 0. The van der Waals surface area contributed by atoms with Crippen molar-refractivity contribution >= 4 is 5.91 Å². The van der Waals surface area contributed by atoms with Crippen LogP contribution >= 0.6 is 0 Å². The van der Waals surface area contributed by atoms with Gasteiger partial charge >= 0.3 is 0 Å². The van der Waals surface area contributed by atoms with E-state index in [2.05, 4.69) is 35.9 Å². The second kappa shape index (κ2) is 8.49. The molecule has 0 bridgehead atoms. The number of likely N-dealkylation sites (tertiary alicyclic amines) is 1. The first-order valence-electron chi connectivity index (χ1n) is 9.63. The molecule has 0 aromatic carbocycles. The lowest BCUT2D eigenvalue weighted by molar-refractivity contribution is 0.0660. The zero-order valence-electron chi connectivity index (χ0n) is 16.0. The van der Waals surface area contributed by atoms with Crippen LogP contribution in [0.1, 0.15) is 61.5 Å². The number of furan rings is 1. The molecule has 0 unspecified atom stereocenters. The molecule has 2 aromatic heterocycles. The number of nitrogens with zero attached hydrogens (tertiary/aromatic N) is 5. The van der Waals surface area contributed by atoms with Crippen molar-refractivity contribution in [1.82, 2.24) is 24.6 Å². The van der Waals surface area contributed by atoms with E-state index >= 15 is 0 Å². The van der Waals surface area contributed by atoms with E-state index in [1.807, 2.05) is 15.5 Å². The predicted octanol–water partition coefficient (Wildman–Crippen LogP) is 2.75. The van der Waals surface area contributed by atoms with Gasteiger partial charge < -0.3 is 13.9 Å². The molecule has 3 rings (SSSR count). The van der Waals surface area contributed by atoms with Crippen molar-refractivity contribution in [3.8, 4) is 0 Å². The second-order valence-electron chi connectivity index (χ2n) is 6.81.